The number of phenolic OH excluding ortho intramolecular Hbond substituents is 1. The van der Waals surface area contributed by atoms with Gasteiger partial charge in [0.05, 0.1) is 17.7 Å². The van der Waals surface area contributed by atoms with Gasteiger partial charge in [-0.05, 0) is 35.9 Å². The van der Waals surface area contributed by atoms with Crippen molar-refractivity contribution in [1.29, 1.82) is 0 Å². The van der Waals surface area contributed by atoms with Crippen molar-refractivity contribution >= 4 is 23.5 Å². The molecule has 0 radical (unpaired) electrons. The van der Waals surface area contributed by atoms with Crippen molar-refractivity contribution in [2.45, 2.75) is 6.18 Å². The van der Waals surface area contributed by atoms with Crippen molar-refractivity contribution in [3.05, 3.63) is 64.2 Å². The summed E-state index contributed by atoms with van der Waals surface area (Å²) < 4.78 is 42.9. The lowest BCUT2D eigenvalue weighted by Gasteiger charge is -2.07. The molecule has 2 rings (SSSR count). The largest absolute Gasteiger partial charge is 0.503 e. The van der Waals surface area contributed by atoms with Crippen molar-refractivity contribution in [3.8, 4) is 11.5 Å². The van der Waals surface area contributed by atoms with Gasteiger partial charge in [0.1, 0.15) is 0 Å². The second-order valence-electron chi connectivity index (χ2n) is 4.83. The smallest absolute Gasteiger partial charge is 0.416 e. The van der Waals surface area contributed by atoms with Gasteiger partial charge in [-0.3, -0.25) is 4.79 Å². The molecule has 0 bridgehead atoms. The van der Waals surface area contributed by atoms with E-state index in [-0.39, 0.29) is 22.1 Å². The lowest BCUT2D eigenvalue weighted by atomic mass is 10.1. The number of methoxy groups -OCH3 is 1. The zero-order chi connectivity index (χ0) is 17.9. The Morgan fingerprint density at radius 2 is 1.96 bits per heavy atom. The molecule has 126 valence electrons. The normalized spacial score (nSPS) is 11.7. The molecule has 0 amide bonds. The lowest BCUT2D eigenvalue weighted by Crippen LogP contribution is -2.06. The fourth-order valence-electron chi connectivity index (χ4n) is 1.96. The highest BCUT2D eigenvalue weighted by Crippen LogP contribution is 2.35. The molecule has 0 unspecified atom stereocenters. The van der Waals surface area contributed by atoms with E-state index < -0.39 is 17.5 Å². The Bertz CT molecular complexity index is 798. The molecule has 0 atom stereocenters. The molecule has 0 saturated heterocycles. The monoisotopic (exact) mass is 356 g/mol. The highest BCUT2D eigenvalue weighted by atomic mass is 35.5. The van der Waals surface area contributed by atoms with E-state index in [0.717, 1.165) is 18.2 Å². The number of halogens is 4. The van der Waals surface area contributed by atoms with E-state index >= 15 is 0 Å². The third kappa shape index (κ3) is 4.08. The number of phenols is 1. The molecule has 0 aliphatic rings. The van der Waals surface area contributed by atoms with Crippen molar-refractivity contribution in [3.63, 3.8) is 0 Å². The number of carbonyl (C=O) groups is 1. The van der Waals surface area contributed by atoms with Crippen molar-refractivity contribution < 1.29 is 27.8 Å². The first kappa shape index (κ1) is 17.9. The Balaban J connectivity index is 2.27. The zero-order valence-electron chi connectivity index (χ0n) is 12.4. The summed E-state index contributed by atoms with van der Waals surface area (Å²) in [5.41, 5.74) is -0.524. The summed E-state index contributed by atoms with van der Waals surface area (Å²) >= 11 is 5.83. The molecule has 0 fully saturated rings. The first-order valence-corrected chi connectivity index (χ1v) is 7.06. The molecular formula is C17H12ClF3O3. The average Bonchev–Trinajstić information content (AvgIpc) is 2.54. The number of carbonyl (C=O) groups excluding carboxylic acids is 1. The van der Waals surface area contributed by atoms with Crippen LogP contribution >= 0.6 is 11.6 Å². The van der Waals surface area contributed by atoms with Crippen LogP contribution < -0.4 is 4.74 Å². The summed E-state index contributed by atoms with van der Waals surface area (Å²) in [7, 11) is 1.34. The number of ether oxygens (including phenoxy) is 1. The minimum Gasteiger partial charge on any atom is -0.503 e. The van der Waals surface area contributed by atoms with E-state index in [4.69, 9.17) is 16.3 Å². The quantitative estimate of drug-likeness (QED) is 0.621. The first-order chi connectivity index (χ1) is 11.2. The average molecular weight is 357 g/mol. The Hall–Kier alpha value is -2.47. The predicted molar refractivity (Wildman–Crippen MR) is 84.5 cm³/mol. The molecule has 0 heterocycles. The van der Waals surface area contributed by atoms with Crippen LogP contribution in [0, 0.1) is 0 Å². The van der Waals surface area contributed by atoms with Gasteiger partial charge in [-0.25, -0.2) is 0 Å². The van der Waals surface area contributed by atoms with Crippen LogP contribution in [0.2, 0.25) is 5.02 Å². The third-order valence-electron chi connectivity index (χ3n) is 3.17. The Morgan fingerprint density at radius 1 is 1.25 bits per heavy atom. The number of hydrogen-bond acceptors (Lipinski definition) is 3. The Kier molecular flexibility index (Phi) is 5.19. The molecule has 0 aliphatic heterocycles. The van der Waals surface area contributed by atoms with Crippen LogP contribution in [0.15, 0.2) is 42.5 Å². The van der Waals surface area contributed by atoms with Crippen LogP contribution in [-0.2, 0) is 6.18 Å². The topological polar surface area (TPSA) is 46.5 Å². The third-order valence-corrected chi connectivity index (χ3v) is 3.46. The molecule has 24 heavy (non-hydrogen) atoms. The molecule has 2 aromatic rings. The lowest BCUT2D eigenvalue weighted by molar-refractivity contribution is -0.137. The molecule has 3 nitrogen and oxygen atoms in total. The van der Waals surface area contributed by atoms with Crippen molar-refractivity contribution in [1.82, 2.24) is 0 Å². The highest BCUT2D eigenvalue weighted by Gasteiger charge is 2.30. The summed E-state index contributed by atoms with van der Waals surface area (Å²) in [6.45, 7) is 0. The maximum atomic E-state index is 12.7. The van der Waals surface area contributed by atoms with Crippen LogP contribution in [0.1, 0.15) is 21.5 Å². The van der Waals surface area contributed by atoms with E-state index in [1.807, 2.05) is 0 Å². The number of allylic oxidation sites excluding steroid dienone is 1. The van der Waals surface area contributed by atoms with E-state index in [9.17, 15) is 23.1 Å². The van der Waals surface area contributed by atoms with Gasteiger partial charge in [-0.15, -0.1) is 0 Å². The van der Waals surface area contributed by atoms with Crippen LogP contribution in [-0.4, -0.2) is 18.0 Å². The second-order valence-corrected chi connectivity index (χ2v) is 5.24. The predicted octanol–water partition coefficient (Wildman–Crippen LogP) is 4.97. The number of benzene rings is 2. The first-order valence-electron chi connectivity index (χ1n) is 6.68. The Labute approximate surface area is 140 Å². The van der Waals surface area contributed by atoms with Gasteiger partial charge in [0, 0.05) is 5.56 Å². The number of ketones is 1. The van der Waals surface area contributed by atoms with Crippen LogP contribution in [0.4, 0.5) is 13.2 Å². The molecule has 0 aromatic heterocycles. The molecule has 1 N–H and O–H groups in total. The number of alkyl halides is 3. The molecular weight excluding hydrogens is 345 g/mol. The SMILES string of the molecule is COc1cc(/C=C/C(=O)c2cccc(C(F)(F)F)c2)cc(Cl)c1O. The molecule has 0 saturated carbocycles. The van der Waals surface area contributed by atoms with Crippen LogP contribution in [0.5, 0.6) is 11.5 Å². The van der Waals surface area contributed by atoms with Crippen LogP contribution in [0.25, 0.3) is 6.08 Å². The number of aromatic hydroxyl groups is 1. The van der Waals surface area contributed by atoms with Gasteiger partial charge in [0.25, 0.3) is 0 Å². The number of rotatable bonds is 4. The van der Waals surface area contributed by atoms with E-state index in [2.05, 4.69) is 0 Å². The van der Waals surface area contributed by atoms with Gasteiger partial charge in [-0.1, -0.05) is 29.8 Å². The Morgan fingerprint density at radius 3 is 2.58 bits per heavy atom. The summed E-state index contributed by atoms with van der Waals surface area (Å²) in [4.78, 5) is 12.0. The van der Waals surface area contributed by atoms with Gasteiger partial charge < -0.3 is 9.84 Å². The minimum absolute atomic E-state index is 0.0283. The summed E-state index contributed by atoms with van der Waals surface area (Å²) in [5.74, 6) is -0.710. The van der Waals surface area contributed by atoms with Crippen LogP contribution in [0.3, 0.4) is 0 Å². The fraction of sp³-hybridized carbons (Fsp3) is 0.118. The fourth-order valence-corrected chi connectivity index (χ4v) is 2.18. The molecule has 0 aliphatic carbocycles. The summed E-state index contributed by atoms with van der Waals surface area (Å²) in [5, 5.41) is 9.66. The standard InChI is InChI=1S/C17H12ClF3O3/c1-24-15-8-10(7-13(18)16(15)23)5-6-14(22)11-3-2-4-12(9-11)17(19,20)21/h2-9,23H,1H3/b6-5+. The van der Waals surface area contributed by atoms with Crippen molar-refractivity contribution in [2.75, 3.05) is 7.11 Å². The maximum Gasteiger partial charge on any atom is 0.416 e. The van der Waals surface area contributed by atoms with E-state index in [1.165, 1.54) is 37.5 Å². The van der Waals surface area contributed by atoms with Gasteiger partial charge in [0.2, 0.25) is 0 Å². The van der Waals surface area contributed by atoms with Gasteiger partial charge in [-0.2, -0.15) is 13.2 Å². The molecule has 7 heteroatoms. The second kappa shape index (κ2) is 6.97. The van der Waals surface area contributed by atoms with E-state index in [0.29, 0.717) is 5.56 Å². The summed E-state index contributed by atoms with van der Waals surface area (Å²) in [6, 6.07) is 6.99. The highest BCUT2D eigenvalue weighted by molar-refractivity contribution is 6.32. The molecule has 2 aromatic carbocycles. The zero-order valence-corrected chi connectivity index (χ0v) is 13.2. The maximum absolute atomic E-state index is 12.7. The minimum atomic E-state index is -4.52. The summed E-state index contributed by atoms with van der Waals surface area (Å²) in [6.07, 6.45) is -2.02. The van der Waals surface area contributed by atoms with E-state index in [1.54, 1.807) is 0 Å². The number of hydrogen-bond donors (Lipinski definition) is 1. The molecule has 0 spiro atoms. The van der Waals surface area contributed by atoms with Gasteiger partial charge in [0.15, 0.2) is 17.3 Å². The van der Waals surface area contributed by atoms with Crippen molar-refractivity contribution in [2.24, 2.45) is 0 Å². The van der Waals surface area contributed by atoms with Gasteiger partial charge >= 0.3 is 6.18 Å².